The summed E-state index contributed by atoms with van der Waals surface area (Å²) in [6, 6.07) is 6.59. The molecule has 1 unspecified atom stereocenters. The molecule has 0 aromatic heterocycles. The summed E-state index contributed by atoms with van der Waals surface area (Å²) in [5.74, 6) is 0.353. The van der Waals surface area contributed by atoms with Gasteiger partial charge >= 0.3 is 6.03 Å². The molecule has 0 saturated carbocycles. The Labute approximate surface area is 111 Å². The third-order valence-electron chi connectivity index (χ3n) is 3.12. The summed E-state index contributed by atoms with van der Waals surface area (Å²) in [6.45, 7) is 2.76. The summed E-state index contributed by atoms with van der Waals surface area (Å²) in [5, 5.41) is 4.92. The van der Waals surface area contributed by atoms with E-state index in [1.54, 1.807) is 24.3 Å². The van der Waals surface area contributed by atoms with Gasteiger partial charge in [-0.05, 0) is 37.6 Å². The van der Waals surface area contributed by atoms with Crippen LogP contribution >= 0.6 is 0 Å². The first-order chi connectivity index (χ1) is 9.12. The normalized spacial score (nSPS) is 22.0. The Kier molecular flexibility index (Phi) is 3.71. The molecular weight excluding hydrogens is 246 g/mol. The minimum Gasteiger partial charge on any atom is -0.494 e. The molecule has 4 N–H and O–H groups in total. The van der Waals surface area contributed by atoms with Gasteiger partial charge in [-0.15, -0.1) is 0 Å². The molecule has 1 aromatic carbocycles. The van der Waals surface area contributed by atoms with Crippen molar-refractivity contribution in [2.45, 2.75) is 18.9 Å². The number of carbonyl (C=O) groups excluding carboxylic acids is 2. The second kappa shape index (κ2) is 5.27. The first kappa shape index (κ1) is 13.4. The number of urea groups is 1. The molecule has 0 radical (unpaired) electrons. The maximum Gasteiger partial charge on any atom is 0.322 e. The molecule has 2 rings (SSSR count). The first-order valence-electron chi connectivity index (χ1n) is 6.19. The summed E-state index contributed by atoms with van der Waals surface area (Å²) < 4.78 is 5.35. The van der Waals surface area contributed by atoms with Crippen molar-refractivity contribution in [2.75, 3.05) is 13.2 Å². The van der Waals surface area contributed by atoms with Crippen LogP contribution in [0.4, 0.5) is 4.79 Å². The molecule has 19 heavy (non-hydrogen) atoms. The van der Waals surface area contributed by atoms with Crippen LogP contribution in [0.1, 0.15) is 18.9 Å². The number of nitrogens with one attached hydrogen (secondary N) is 2. The highest BCUT2D eigenvalue weighted by Crippen LogP contribution is 2.29. The van der Waals surface area contributed by atoms with Crippen molar-refractivity contribution in [2.24, 2.45) is 5.73 Å². The largest absolute Gasteiger partial charge is 0.494 e. The number of nitrogens with two attached hydrogens (primary N) is 1. The minimum absolute atomic E-state index is 0.293. The molecule has 0 bridgehead atoms. The van der Waals surface area contributed by atoms with Crippen LogP contribution in [0.3, 0.4) is 0 Å². The van der Waals surface area contributed by atoms with E-state index in [1.165, 1.54) is 0 Å². The molecule has 6 heteroatoms. The van der Waals surface area contributed by atoms with Gasteiger partial charge in [0.05, 0.1) is 6.61 Å². The quantitative estimate of drug-likeness (QED) is 0.673. The molecule has 1 heterocycles. The molecule has 1 aliphatic heterocycles. The van der Waals surface area contributed by atoms with Crippen LogP contribution in [-0.4, -0.2) is 25.1 Å². The molecule has 102 valence electrons. The Morgan fingerprint density at radius 3 is 2.42 bits per heavy atom. The minimum atomic E-state index is -1.07. The van der Waals surface area contributed by atoms with Crippen LogP contribution < -0.4 is 21.1 Å². The summed E-state index contributed by atoms with van der Waals surface area (Å²) >= 11 is 0. The number of ether oxygens (including phenoxy) is 1. The molecule has 1 fully saturated rings. The SMILES string of the molecule is CCOc1ccc(C2(CCN)NC(=O)NC2=O)cc1. The van der Waals surface area contributed by atoms with Gasteiger partial charge in [0.25, 0.3) is 5.91 Å². The van der Waals surface area contributed by atoms with E-state index in [9.17, 15) is 9.59 Å². The van der Waals surface area contributed by atoms with Crippen molar-refractivity contribution in [3.63, 3.8) is 0 Å². The second-order valence-corrected chi connectivity index (χ2v) is 4.31. The molecule has 1 atom stereocenters. The van der Waals surface area contributed by atoms with Gasteiger partial charge in [0, 0.05) is 0 Å². The molecule has 0 aliphatic carbocycles. The Bertz CT molecular complexity index is 486. The van der Waals surface area contributed by atoms with Crippen LogP contribution in [0.25, 0.3) is 0 Å². The smallest absolute Gasteiger partial charge is 0.322 e. The zero-order chi connectivity index (χ0) is 13.9. The fraction of sp³-hybridized carbons (Fsp3) is 0.385. The van der Waals surface area contributed by atoms with E-state index in [0.717, 1.165) is 5.75 Å². The molecular formula is C13H17N3O3. The number of hydrogen-bond acceptors (Lipinski definition) is 4. The zero-order valence-corrected chi connectivity index (χ0v) is 10.7. The monoisotopic (exact) mass is 263 g/mol. The lowest BCUT2D eigenvalue weighted by atomic mass is 9.86. The lowest BCUT2D eigenvalue weighted by Gasteiger charge is -2.26. The van der Waals surface area contributed by atoms with Crippen LogP contribution in [0.15, 0.2) is 24.3 Å². The number of carbonyl (C=O) groups is 2. The van der Waals surface area contributed by atoms with Crippen molar-refractivity contribution in [1.82, 2.24) is 10.6 Å². The number of benzene rings is 1. The lowest BCUT2D eigenvalue weighted by molar-refractivity contribution is -0.124. The van der Waals surface area contributed by atoms with Crippen molar-refractivity contribution in [3.8, 4) is 5.75 Å². The van der Waals surface area contributed by atoms with E-state index in [-0.39, 0.29) is 5.91 Å². The summed E-state index contributed by atoms with van der Waals surface area (Å²) in [5.41, 5.74) is 5.19. The van der Waals surface area contributed by atoms with Crippen molar-refractivity contribution in [1.29, 1.82) is 0 Å². The van der Waals surface area contributed by atoms with E-state index < -0.39 is 11.6 Å². The predicted octanol–water partition coefficient (Wildman–Crippen LogP) is 0.469. The summed E-state index contributed by atoms with van der Waals surface area (Å²) in [7, 11) is 0. The first-order valence-corrected chi connectivity index (χ1v) is 6.19. The number of hydrogen-bond donors (Lipinski definition) is 3. The predicted molar refractivity (Wildman–Crippen MR) is 69.6 cm³/mol. The standard InChI is InChI=1S/C13H17N3O3/c1-2-19-10-5-3-9(4-6-10)13(7-8-14)11(17)15-12(18)16-13/h3-6H,2,7-8,14H2,1H3,(H2,15,16,17,18). The maximum atomic E-state index is 12.0. The Hall–Kier alpha value is -2.08. The van der Waals surface area contributed by atoms with E-state index >= 15 is 0 Å². The van der Waals surface area contributed by atoms with Crippen LogP contribution in [0, 0.1) is 0 Å². The van der Waals surface area contributed by atoms with Gasteiger partial charge in [-0.1, -0.05) is 12.1 Å². The Morgan fingerprint density at radius 1 is 1.26 bits per heavy atom. The van der Waals surface area contributed by atoms with Crippen molar-refractivity contribution in [3.05, 3.63) is 29.8 Å². The zero-order valence-electron chi connectivity index (χ0n) is 10.7. The van der Waals surface area contributed by atoms with Gasteiger partial charge in [-0.25, -0.2) is 4.79 Å². The fourth-order valence-corrected chi connectivity index (χ4v) is 2.23. The van der Waals surface area contributed by atoms with E-state index in [4.69, 9.17) is 10.5 Å². The highest BCUT2D eigenvalue weighted by atomic mass is 16.5. The number of imide groups is 1. The average molecular weight is 263 g/mol. The van der Waals surface area contributed by atoms with Gasteiger partial charge in [0.1, 0.15) is 11.3 Å². The van der Waals surface area contributed by atoms with Gasteiger partial charge in [-0.2, -0.15) is 0 Å². The topological polar surface area (TPSA) is 93.4 Å². The van der Waals surface area contributed by atoms with E-state index in [2.05, 4.69) is 10.6 Å². The highest BCUT2D eigenvalue weighted by Gasteiger charge is 2.46. The van der Waals surface area contributed by atoms with Gasteiger partial charge in [-0.3, -0.25) is 10.1 Å². The Morgan fingerprint density at radius 2 is 1.95 bits per heavy atom. The van der Waals surface area contributed by atoms with Crippen LogP contribution in [0.5, 0.6) is 5.75 Å². The maximum absolute atomic E-state index is 12.0. The molecule has 1 aromatic rings. The van der Waals surface area contributed by atoms with Crippen LogP contribution in [0.2, 0.25) is 0 Å². The third kappa shape index (κ3) is 2.39. The number of rotatable bonds is 5. The van der Waals surface area contributed by atoms with Crippen molar-refractivity contribution >= 4 is 11.9 Å². The lowest BCUT2D eigenvalue weighted by Crippen LogP contribution is -2.45. The fourth-order valence-electron chi connectivity index (χ4n) is 2.23. The number of amides is 3. The molecule has 6 nitrogen and oxygen atoms in total. The van der Waals surface area contributed by atoms with Gasteiger partial charge in [0.15, 0.2) is 0 Å². The van der Waals surface area contributed by atoms with E-state index in [1.807, 2.05) is 6.92 Å². The molecule has 0 spiro atoms. The summed E-state index contributed by atoms with van der Waals surface area (Å²) in [6.07, 6.45) is 0.346. The Balaban J connectivity index is 2.34. The molecule has 3 amide bonds. The van der Waals surface area contributed by atoms with Gasteiger partial charge < -0.3 is 15.8 Å². The van der Waals surface area contributed by atoms with Crippen LogP contribution in [-0.2, 0) is 10.3 Å². The third-order valence-corrected chi connectivity index (χ3v) is 3.12. The highest BCUT2D eigenvalue weighted by molar-refractivity contribution is 6.07. The van der Waals surface area contributed by atoms with E-state index in [0.29, 0.717) is 25.1 Å². The van der Waals surface area contributed by atoms with Crippen molar-refractivity contribution < 1.29 is 14.3 Å². The average Bonchev–Trinajstić information content (AvgIpc) is 2.67. The molecule has 1 saturated heterocycles. The molecule has 1 aliphatic rings. The summed E-state index contributed by atoms with van der Waals surface area (Å²) in [4.78, 5) is 23.4. The van der Waals surface area contributed by atoms with Gasteiger partial charge in [0.2, 0.25) is 0 Å². The second-order valence-electron chi connectivity index (χ2n) is 4.31.